The minimum absolute atomic E-state index is 0.207. The molecule has 1 aromatic carbocycles. The highest BCUT2D eigenvalue weighted by atomic mass is 16.6. The van der Waals surface area contributed by atoms with E-state index in [9.17, 15) is 20.1 Å². The van der Waals surface area contributed by atoms with Gasteiger partial charge in [0, 0.05) is 5.92 Å². The van der Waals surface area contributed by atoms with Gasteiger partial charge in [-0.3, -0.25) is 4.79 Å². The topological polar surface area (TPSA) is 117 Å². The van der Waals surface area contributed by atoms with Gasteiger partial charge in [-0.25, -0.2) is 0 Å². The molecule has 3 aliphatic rings. The Morgan fingerprint density at radius 2 is 1.96 bits per heavy atom. The van der Waals surface area contributed by atoms with Crippen LogP contribution in [0, 0.1) is 0 Å². The second-order valence-electron chi connectivity index (χ2n) is 6.29. The van der Waals surface area contributed by atoms with Gasteiger partial charge in [-0.2, -0.15) is 0 Å². The first kappa shape index (κ1) is 15.5. The van der Waals surface area contributed by atoms with Gasteiger partial charge < -0.3 is 34.8 Å². The molecule has 0 radical (unpaired) electrons. The number of carbonyl (C=O) groups is 1. The lowest BCUT2D eigenvalue weighted by atomic mass is 9.72. The highest BCUT2D eigenvalue weighted by molar-refractivity contribution is 6.01. The minimum atomic E-state index is -1.30. The summed E-state index contributed by atoms with van der Waals surface area (Å²) in [5, 5.41) is 32.9. The van der Waals surface area contributed by atoms with Crippen LogP contribution >= 0.6 is 0 Å². The number of amides is 1. The van der Waals surface area contributed by atoms with E-state index >= 15 is 0 Å². The van der Waals surface area contributed by atoms with E-state index in [4.69, 9.17) is 14.2 Å². The molecule has 5 atom stereocenters. The summed E-state index contributed by atoms with van der Waals surface area (Å²) in [6.45, 7) is 0.749. The molecule has 1 saturated carbocycles. The molecule has 130 valence electrons. The number of benzene rings is 1. The lowest BCUT2D eigenvalue weighted by Crippen LogP contribution is -2.61. The van der Waals surface area contributed by atoms with Gasteiger partial charge in [-0.1, -0.05) is 0 Å². The number of ether oxygens (including phenoxy) is 3. The minimum Gasteiger partial charge on any atom is -0.492 e. The fourth-order valence-electron chi connectivity index (χ4n) is 3.85. The smallest absolute Gasteiger partial charge is 0.255 e. The van der Waals surface area contributed by atoms with Crippen LogP contribution in [0.2, 0.25) is 0 Å². The zero-order valence-electron chi connectivity index (χ0n) is 13.1. The summed E-state index contributed by atoms with van der Waals surface area (Å²) in [5.41, 5.74) is 0.939. The van der Waals surface area contributed by atoms with Crippen molar-refractivity contribution in [3.8, 4) is 17.2 Å². The maximum absolute atomic E-state index is 12.6. The summed E-state index contributed by atoms with van der Waals surface area (Å²) in [6, 6.07) is 1.02. The Hall–Kier alpha value is -2.03. The van der Waals surface area contributed by atoms with Crippen molar-refractivity contribution in [2.45, 2.75) is 36.7 Å². The summed E-state index contributed by atoms with van der Waals surface area (Å²) in [5.74, 6) is 0.361. The zero-order chi connectivity index (χ0) is 17.0. The molecule has 0 bridgehead atoms. The Morgan fingerprint density at radius 3 is 2.71 bits per heavy atom. The Balaban J connectivity index is 1.88. The van der Waals surface area contributed by atoms with E-state index in [0.29, 0.717) is 35.8 Å². The maximum Gasteiger partial charge on any atom is 0.255 e. The van der Waals surface area contributed by atoms with Crippen molar-refractivity contribution in [3.63, 3.8) is 0 Å². The SMILES string of the molecule is COc1c2c(cc3c1C(=O)N[C@@H]1[C@@H](O)[C@@H](O)[C@H](O)C[C@@H]31)OCCO2. The van der Waals surface area contributed by atoms with Crippen molar-refractivity contribution in [1.29, 1.82) is 0 Å². The van der Waals surface area contributed by atoms with E-state index in [1.54, 1.807) is 6.07 Å². The van der Waals surface area contributed by atoms with Gasteiger partial charge >= 0.3 is 0 Å². The van der Waals surface area contributed by atoms with Gasteiger partial charge in [-0.15, -0.1) is 0 Å². The van der Waals surface area contributed by atoms with Crippen LogP contribution in [-0.4, -0.2) is 65.9 Å². The van der Waals surface area contributed by atoms with E-state index in [2.05, 4.69) is 5.32 Å². The fourth-order valence-corrected chi connectivity index (χ4v) is 3.85. The molecule has 4 N–H and O–H groups in total. The molecule has 4 rings (SSSR count). The van der Waals surface area contributed by atoms with Gasteiger partial charge in [-0.05, 0) is 18.1 Å². The van der Waals surface area contributed by atoms with E-state index in [-0.39, 0.29) is 18.1 Å². The van der Waals surface area contributed by atoms with Gasteiger partial charge in [0.05, 0.1) is 24.8 Å². The van der Waals surface area contributed by atoms with Crippen LogP contribution in [0.15, 0.2) is 6.07 Å². The number of aliphatic hydroxyl groups excluding tert-OH is 3. The Morgan fingerprint density at radius 1 is 1.21 bits per heavy atom. The third-order valence-electron chi connectivity index (χ3n) is 4.99. The average molecular weight is 337 g/mol. The normalized spacial score (nSPS) is 34.0. The molecule has 0 unspecified atom stereocenters. The molecule has 0 spiro atoms. The van der Waals surface area contributed by atoms with Crippen molar-refractivity contribution in [2.24, 2.45) is 0 Å². The summed E-state index contributed by atoms with van der Waals surface area (Å²) in [4.78, 5) is 12.6. The summed E-state index contributed by atoms with van der Waals surface area (Å²) in [6.07, 6.45) is -3.43. The first-order valence-corrected chi connectivity index (χ1v) is 7.88. The largest absolute Gasteiger partial charge is 0.492 e. The lowest BCUT2D eigenvalue weighted by Gasteiger charge is -2.45. The number of hydrogen-bond acceptors (Lipinski definition) is 7. The number of aliphatic hydroxyl groups is 3. The molecule has 1 amide bonds. The van der Waals surface area contributed by atoms with Gasteiger partial charge in [0.2, 0.25) is 5.75 Å². The molecule has 8 heteroatoms. The monoisotopic (exact) mass is 337 g/mol. The average Bonchev–Trinajstić information content (AvgIpc) is 2.59. The van der Waals surface area contributed by atoms with Crippen molar-refractivity contribution < 1.29 is 34.3 Å². The van der Waals surface area contributed by atoms with E-state index < -0.39 is 30.3 Å². The molecule has 0 aromatic heterocycles. The predicted molar refractivity (Wildman–Crippen MR) is 80.6 cm³/mol. The standard InChI is InChI=1S/C16H19NO7/c1-22-15-10-6(5-9-14(15)24-3-2-23-9)7-4-8(18)12(19)13(20)11(7)17-16(10)21/h5,7-8,11-13,18-20H,2-4H2,1H3,(H,17,21)/t7-,8+,11-,12-,13+/m0/s1. The quantitative estimate of drug-likeness (QED) is 0.527. The molecular formula is C16H19NO7. The summed E-state index contributed by atoms with van der Waals surface area (Å²) in [7, 11) is 1.45. The Kier molecular flexibility index (Phi) is 3.56. The van der Waals surface area contributed by atoms with Crippen LogP contribution in [0.3, 0.4) is 0 Å². The number of methoxy groups -OCH3 is 1. The molecule has 1 fully saturated rings. The summed E-state index contributed by atoms with van der Waals surface area (Å²) >= 11 is 0. The van der Waals surface area contributed by atoms with Crippen LogP contribution in [0.1, 0.15) is 28.3 Å². The number of rotatable bonds is 1. The van der Waals surface area contributed by atoms with Crippen LogP contribution in [0.25, 0.3) is 0 Å². The number of fused-ring (bicyclic) bond motifs is 4. The molecule has 1 aliphatic carbocycles. The maximum atomic E-state index is 12.6. The molecule has 8 nitrogen and oxygen atoms in total. The highest BCUT2D eigenvalue weighted by Crippen LogP contribution is 2.49. The Labute approximate surface area is 137 Å². The van der Waals surface area contributed by atoms with Crippen molar-refractivity contribution in [1.82, 2.24) is 5.32 Å². The predicted octanol–water partition coefficient (Wildman–Crippen LogP) is -0.852. The lowest BCUT2D eigenvalue weighted by molar-refractivity contribution is -0.104. The van der Waals surface area contributed by atoms with E-state index in [1.807, 2.05) is 0 Å². The third-order valence-corrected chi connectivity index (χ3v) is 4.99. The molecular weight excluding hydrogens is 318 g/mol. The molecule has 1 aromatic rings. The van der Waals surface area contributed by atoms with Crippen LogP contribution in [-0.2, 0) is 0 Å². The van der Waals surface area contributed by atoms with Crippen LogP contribution < -0.4 is 19.5 Å². The van der Waals surface area contributed by atoms with Crippen molar-refractivity contribution in [3.05, 3.63) is 17.2 Å². The fraction of sp³-hybridized carbons (Fsp3) is 0.562. The van der Waals surface area contributed by atoms with E-state index in [1.165, 1.54) is 7.11 Å². The van der Waals surface area contributed by atoms with E-state index in [0.717, 1.165) is 0 Å². The molecule has 2 heterocycles. The number of hydrogen-bond donors (Lipinski definition) is 4. The highest BCUT2D eigenvalue weighted by Gasteiger charge is 2.49. The second-order valence-corrected chi connectivity index (χ2v) is 6.29. The van der Waals surface area contributed by atoms with Crippen LogP contribution in [0.4, 0.5) is 0 Å². The molecule has 2 aliphatic heterocycles. The van der Waals surface area contributed by atoms with Crippen LogP contribution in [0.5, 0.6) is 17.2 Å². The van der Waals surface area contributed by atoms with Crippen molar-refractivity contribution in [2.75, 3.05) is 20.3 Å². The van der Waals surface area contributed by atoms with Crippen molar-refractivity contribution >= 4 is 5.91 Å². The second kappa shape index (κ2) is 5.51. The zero-order valence-corrected chi connectivity index (χ0v) is 13.1. The number of nitrogens with one attached hydrogen (secondary N) is 1. The molecule has 0 saturated heterocycles. The third kappa shape index (κ3) is 2.07. The van der Waals surface area contributed by atoms with Gasteiger partial charge in [0.25, 0.3) is 5.91 Å². The summed E-state index contributed by atoms with van der Waals surface area (Å²) < 4.78 is 16.6. The first-order chi connectivity index (χ1) is 11.5. The number of carbonyl (C=O) groups excluding carboxylic acids is 1. The Bertz CT molecular complexity index is 691. The van der Waals surface area contributed by atoms with Gasteiger partial charge in [0.1, 0.15) is 25.4 Å². The van der Waals surface area contributed by atoms with Gasteiger partial charge in [0.15, 0.2) is 11.5 Å². The molecule has 24 heavy (non-hydrogen) atoms. The first-order valence-electron chi connectivity index (χ1n) is 7.88.